The molecule has 0 aromatic heterocycles. The second kappa shape index (κ2) is 8.21. The molecule has 0 aliphatic rings. The van der Waals surface area contributed by atoms with Crippen LogP contribution in [-0.2, 0) is 0 Å². The van der Waals surface area contributed by atoms with Crippen LogP contribution in [0.3, 0.4) is 0 Å². The lowest BCUT2D eigenvalue weighted by atomic mass is 9.84. The average Bonchev–Trinajstić information content (AvgIpc) is 2.94. The van der Waals surface area contributed by atoms with E-state index < -0.39 is 17.5 Å². The molecule has 0 fully saturated rings. The Hall–Kier alpha value is -4.63. The van der Waals surface area contributed by atoms with Crippen molar-refractivity contribution in [3.05, 3.63) is 133 Å². The summed E-state index contributed by atoms with van der Waals surface area (Å²) >= 11 is 0. The standard InChI is InChI=1S/C34H19F3/c35-30-18-21(19-31(36)34(30)37)32-25-13-5-7-15-27(25)33(28-16-8-6-14-26(28)32)29-17-20-9-1-2-10-22(20)23-11-3-4-12-24(23)29/h1-19H. The summed E-state index contributed by atoms with van der Waals surface area (Å²) in [6.45, 7) is 0. The zero-order chi connectivity index (χ0) is 25.1. The number of fused-ring (bicyclic) bond motifs is 5. The minimum absolute atomic E-state index is 0.304. The molecule has 0 spiro atoms. The molecule has 0 amide bonds. The fraction of sp³-hybridized carbons (Fsp3) is 0. The number of rotatable bonds is 2. The fourth-order valence-corrected chi connectivity index (χ4v) is 5.69. The quantitative estimate of drug-likeness (QED) is 0.130. The monoisotopic (exact) mass is 484 g/mol. The second-order valence-corrected chi connectivity index (χ2v) is 9.29. The molecule has 37 heavy (non-hydrogen) atoms. The third-order valence-corrected chi connectivity index (χ3v) is 7.24. The largest absolute Gasteiger partial charge is 0.204 e. The maximum Gasteiger partial charge on any atom is 0.194 e. The van der Waals surface area contributed by atoms with Crippen molar-refractivity contribution in [1.82, 2.24) is 0 Å². The van der Waals surface area contributed by atoms with E-state index in [-0.39, 0.29) is 0 Å². The first-order chi connectivity index (χ1) is 18.1. The van der Waals surface area contributed by atoms with Crippen LogP contribution < -0.4 is 0 Å². The summed E-state index contributed by atoms with van der Waals surface area (Å²) in [5.41, 5.74) is 3.13. The molecule has 7 rings (SSSR count). The Bertz CT molecular complexity index is 1940. The summed E-state index contributed by atoms with van der Waals surface area (Å²) in [6, 6.07) is 36.9. The van der Waals surface area contributed by atoms with Gasteiger partial charge in [-0.05, 0) is 83.5 Å². The predicted molar refractivity (Wildman–Crippen MR) is 147 cm³/mol. The van der Waals surface area contributed by atoms with Crippen molar-refractivity contribution in [2.45, 2.75) is 0 Å². The highest BCUT2D eigenvalue weighted by Gasteiger charge is 2.20. The van der Waals surface area contributed by atoms with Gasteiger partial charge < -0.3 is 0 Å². The predicted octanol–water partition coefficient (Wildman–Crippen LogP) is 10.1. The minimum Gasteiger partial charge on any atom is -0.204 e. The van der Waals surface area contributed by atoms with E-state index in [1.807, 2.05) is 60.7 Å². The summed E-state index contributed by atoms with van der Waals surface area (Å²) in [5.74, 6) is -3.86. The summed E-state index contributed by atoms with van der Waals surface area (Å²) in [5, 5.41) is 8.22. The molecule has 7 aromatic rings. The maximum atomic E-state index is 14.4. The Kier molecular flexibility index (Phi) is 4.80. The lowest BCUT2D eigenvalue weighted by Gasteiger charge is -2.19. The van der Waals surface area contributed by atoms with Gasteiger partial charge in [-0.15, -0.1) is 0 Å². The molecule has 0 bridgehead atoms. The highest BCUT2D eigenvalue weighted by molar-refractivity contribution is 6.25. The van der Waals surface area contributed by atoms with E-state index in [9.17, 15) is 13.2 Å². The molecule has 0 unspecified atom stereocenters. The van der Waals surface area contributed by atoms with Crippen LogP contribution in [0.1, 0.15) is 0 Å². The number of hydrogen-bond donors (Lipinski definition) is 0. The van der Waals surface area contributed by atoms with Gasteiger partial charge in [-0.3, -0.25) is 0 Å². The maximum absolute atomic E-state index is 14.4. The third-order valence-electron chi connectivity index (χ3n) is 7.24. The molecular weight excluding hydrogens is 465 g/mol. The molecule has 0 saturated heterocycles. The zero-order valence-electron chi connectivity index (χ0n) is 19.6. The summed E-state index contributed by atoms with van der Waals surface area (Å²) in [4.78, 5) is 0. The Morgan fingerprint density at radius 3 is 1.38 bits per heavy atom. The van der Waals surface area contributed by atoms with Crippen molar-refractivity contribution in [3.8, 4) is 22.3 Å². The van der Waals surface area contributed by atoms with Crippen LogP contribution in [0.5, 0.6) is 0 Å². The molecule has 0 radical (unpaired) electrons. The van der Waals surface area contributed by atoms with Gasteiger partial charge in [0.25, 0.3) is 0 Å². The highest BCUT2D eigenvalue weighted by Crippen LogP contribution is 2.46. The first-order valence-electron chi connectivity index (χ1n) is 12.1. The van der Waals surface area contributed by atoms with Crippen LogP contribution in [0.25, 0.3) is 65.3 Å². The van der Waals surface area contributed by atoms with Crippen molar-refractivity contribution < 1.29 is 13.2 Å². The molecule has 3 heteroatoms. The van der Waals surface area contributed by atoms with E-state index in [1.54, 1.807) is 0 Å². The minimum atomic E-state index is -1.46. The van der Waals surface area contributed by atoms with Crippen molar-refractivity contribution in [1.29, 1.82) is 0 Å². The van der Waals surface area contributed by atoms with Gasteiger partial charge in [0, 0.05) is 0 Å². The summed E-state index contributed by atoms with van der Waals surface area (Å²) < 4.78 is 42.6. The molecule has 0 nitrogen and oxygen atoms in total. The average molecular weight is 485 g/mol. The second-order valence-electron chi connectivity index (χ2n) is 9.29. The van der Waals surface area contributed by atoms with Crippen molar-refractivity contribution in [3.63, 3.8) is 0 Å². The molecule has 0 N–H and O–H groups in total. The fourth-order valence-electron chi connectivity index (χ4n) is 5.69. The molecule has 0 saturated carbocycles. The van der Waals surface area contributed by atoms with Crippen molar-refractivity contribution in [2.75, 3.05) is 0 Å². The van der Waals surface area contributed by atoms with Gasteiger partial charge in [0.05, 0.1) is 0 Å². The van der Waals surface area contributed by atoms with Gasteiger partial charge in [-0.25, -0.2) is 13.2 Å². The topological polar surface area (TPSA) is 0 Å². The van der Waals surface area contributed by atoms with Gasteiger partial charge in [0.2, 0.25) is 0 Å². The lowest BCUT2D eigenvalue weighted by molar-refractivity contribution is 0.448. The summed E-state index contributed by atoms with van der Waals surface area (Å²) in [7, 11) is 0. The zero-order valence-corrected chi connectivity index (χ0v) is 19.6. The van der Waals surface area contributed by atoms with Crippen LogP contribution in [0.2, 0.25) is 0 Å². The number of halogens is 3. The molecule has 0 heterocycles. The van der Waals surface area contributed by atoms with Crippen molar-refractivity contribution in [2.24, 2.45) is 0 Å². The smallest absolute Gasteiger partial charge is 0.194 e. The first kappa shape index (κ1) is 21.6. The van der Waals surface area contributed by atoms with Crippen LogP contribution in [0, 0.1) is 17.5 Å². The highest BCUT2D eigenvalue weighted by atomic mass is 19.2. The molecule has 176 valence electrons. The van der Waals surface area contributed by atoms with Crippen molar-refractivity contribution >= 4 is 43.1 Å². The molecule has 0 atom stereocenters. The van der Waals surface area contributed by atoms with E-state index in [2.05, 4.69) is 42.5 Å². The van der Waals surface area contributed by atoms with Gasteiger partial charge in [0.15, 0.2) is 17.5 Å². The normalized spacial score (nSPS) is 11.6. The molecular formula is C34H19F3. The van der Waals surface area contributed by atoms with E-state index >= 15 is 0 Å². The summed E-state index contributed by atoms with van der Waals surface area (Å²) in [6.07, 6.45) is 0. The third kappa shape index (κ3) is 3.24. The van der Waals surface area contributed by atoms with Crippen LogP contribution in [0.4, 0.5) is 13.2 Å². The molecule has 0 aliphatic heterocycles. The van der Waals surface area contributed by atoms with E-state index in [0.717, 1.165) is 61.0 Å². The first-order valence-corrected chi connectivity index (χ1v) is 12.1. The number of benzene rings is 7. The Balaban J connectivity index is 1.69. The Morgan fingerprint density at radius 2 is 0.811 bits per heavy atom. The van der Waals surface area contributed by atoms with Gasteiger partial charge in [-0.2, -0.15) is 0 Å². The van der Waals surface area contributed by atoms with Crippen LogP contribution in [-0.4, -0.2) is 0 Å². The Morgan fingerprint density at radius 1 is 0.378 bits per heavy atom. The SMILES string of the molecule is Fc1cc(-c2c3ccccc3c(-c3cc4ccccc4c4ccccc34)c3ccccc23)cc(F)c1F. The van der Waals surface area contributed by atoms with Gasteiger partial charge in [0.1, 0.15) is 0 Å². The Labute approximate surface area is 211 Å². The lowest BCUT2D eigenvalue weighted by Crippen LogP contribution is -1.95. The molecule has 7 aromatic carbocycles. The van der Waals surface area contributed by atoms with Gasteiger partial charge in [-0.1, -0.05) is 97.1 Å². The van der Waals surface area contributed by atoms with E-state index in [4.69, 9.17) is 0 Å². The number of hydrogen-bond acceptors (Lipinski definition) is 0. The van der Waals surface area contributed by atoms with Crippen LogP contribution in [0.15, 0.2) is 115 Å². The van der Waals surface area contributed by atoms with Crippen LogP contribution >= 0.6 is 0 Å². The van der Waals surface area contributed by atoms with Gasteiger partial charge >= 0.3 is 0 Å². The van der Waals surface area contributed by atoms with E-state index in [1.165, 1.54) is 5.39 Å². The molecule has 0 aliphatic carbocycles. The van der Waals surface area contributed by atoms with E-state index in [0.29, 0.717) is 11.1 Å².